The number of hydrogen-bond acceptors (Lipinski definition) is 4. The van der Waals surface area contributed by atoms with Crippen LogP contribution in [0, 0.1) is 11.6 Å². The van der Waals surface area contributed by atoms with Crippen molar-refractivity contribution in [2.24, 2.45) is 0 Å². The number of nitrogens with zero attached hydrogens (tertiary/aromatic N) is 2. The molecule has 4 aromatic rings. The van der Waals surface area contributed by atoms with Gasteiger partial charge in [-0.15, -0.1) is 0 Å². The Hall–Kier alpha value is -4.58. The maximum Gasteiger partial charge on any atom is 0.416 e. The van der Waals surface area contributed by atoms with Gasteiger partial charge >= 0.3 is 6.18 Å². The topological polar surface area (TPSA) is 93.1 Å². The van der Waals surface area contributed by atoms with Crippen LogP contribution in [0.1, 0.15) is 77.1 Å². The fourth-order valence-corrected chi connectivity index (χ4v) is 5.41. The summed E-state index contributed by atoms with van der Waals surface area (Å²) in [7, 11) is 0. The Morgan fingerprint density at radius 3 is 2.29 bits per heavy atom. The lowest BCUT2D eigenvalue weighted by Gasteiger charge is -2.30. The highest BCUT2D eigenvalue weighted by Gasteiger charge is 2.36. The lowest BCUT2D eigenvalue weighted by Crippen LogP contribution is -2.32. The van der Waals surface area contributed by atoms with Crippen LogP contribution in [0.4, 0.5) is 27.6 Å². The second-order valence-electron chi connectivity index (χ2n) is 11.0. The molecule has 7 nitrogen and oxygen atoms in total. The molecule has 45 heavy (non-hydrogen) atoms. The molecule has 0 radical (unpaired) electrons. The second kappa shape index (κ2) is 12.8. The van der Waals surface area contributed by atoms with Gasteiger partial charge in [0, 0.05) is 22.2 Å². The van der Waals surface area contributed by atoms with E-state index in [1.54, 1.807) is 45.2 Å². The van der Waals surface area contributed by atoms with Gasteiger partial charge in [-0.05, 0) is 74.0 Å². The summed E-state index contributed by atoms with van der Waals surface area (Å²) in [6.45, 7) is 5.80. The van der Waals surface area contributed by atoms with E-state index in [0.717, 1.165) is 12.1 Å². The van der Waals surface area contributed by atoms with Crippen molar-refractivity contribution >= 4 is 34.9 Å². The van der Waals surface area contributed by atoms with Gasteiger partial charge in [0.15, 0.2) is 0 Å². The van der Waals surface area contributed by atoms with Crippen LogP contribution in [-0.2, 0) is 22.9 Å². The number of pyridine rings is 1. The molecule has 0 saturated carbocycles. The van der Waals surface area contributed by atoms with Crippen molar-refractivity contribution < 1.29 is 36.3 Å². The number of carbonyl (C=O) groups excluding carboxylic acids is 3. The Bertz CT molecular complexity index is 1770. The average Bonchev–Trinajstić information content (AvgIpc) is 3.31. The van der Waals surface area contributed by atoms with E-state index in [-0.39, 0.29) is 40.3 Å². The number of hydrogen-bond donors (Lipinski definition) is 2. The molecule has 0 saturated heterocycles. The zero-order valence-electron chi connectivity index (χ0n) is 24.5. The number of aromatic nitrogens is 2. The molecule has 1 atom stereocenters. The highest BCUT2D eigenvalue weighted by molar-refractivity contribution is 6.31. The number of nitrogens with one attached hydrogen (secondary N) is 2. The summed E-state index contributed by atoms with van der Waals surface area (Å²) in [6, 6.07) is 10.8. The van der Waals surface area contributed by atoms with Gasteiger partial charge in [-0.25, -0.2) is 8.78 Å². The van der Waals surface area contributed by atoms with Gasteiger partial charge in [0.2, 0.25) is 0 Å². The van der Waals surface area contributed by atoms with Crippen LogP contribution in [0.5, 0.6) is 0 Å². The van der Waals surface area contributed by atoms with Gasteiger partial charge < -0.3 is 15.2 Å². The molecule has 2 heterocycles. The molecule has 0 bridgehead atoms. The summed E-state index contributed by atoms with van der Waals surface area (Å²) in [5.74, 6) is -4.13. The van der Waals surface area contributed by atoms with E-state index in [0.29, 0.717) is 17.8 Å². The first kappa shape index (κ1) is 33.3. The molecule has 0 fully saturated rings. The molecule has 0 aliphatic heterocycles. The van der Waals surface area contributed by atoms with Gasteiger partial charge in [0.25, 0.3) is 11.8 Å². The number of rotatable bonds is 9. The third kappa shape index (κ3) is 7.39. The molecular formula is C32H28ClF5N4O3. The Balaban J connectivity index is 1.90. The Morgan fingerprint density at radius 1 is 0.956 bits per heavy atom. The Labute approximate surface area is 260 Å². The number of Topliss-reactive ketones (excluding diaryl/α,β-unsaturated/α-hetero) is 1. The normalized spacial score (nSPS) is 12.5. The standard InChI is InChI=1S/C32H28ClF5N4O3/c1-17(43)16-42-27(30(45)40-18(2)25-7-5-6-10-39-25)15-26(28(42)31(3,4)23-14-21(34)8-9-24(23)33)41-29(44)19-11-20(32(36,37)38)13-22(35)12-19/h5-15,18H,16H2,1-4H3,(H,40,45)(H,41,44)/t18-/m1/s1. The van der Waals surface area contributed by atoms with Crippen LogP contribution in [0.25, 0.3) is 0 Å². The minimum absolute atomic E-state index is 0.0972. The number of halogens is 6. The van der Waals surface area contributed by atoms with Crippen molar-refractivity contribution in [1.29, 1.82) is 0 Å². The molecular weight excluding hydrogens is 619 g/mol. The molecule has 2 amide bonds. The Kier molecular flexibility index (Phi) is 9.48. The van der Waals surface area contributed by atoms with Gasteiger partial charge in [0.05, 0.1) is 35.2 Å². The van der Waals surface area contributed by atoms with E-state index < -0.39 is 58.0 Å². The molecule has 0 aliphatic rings. The lowest BCUT2D eigenvalue weighted by molar-refractivity contribution is -0.137. The van der Waals surface area contributed by atoms with E-state index in [4.69, 9.17) is 11.6 Å². The van der Waals surface area contributed by atoms with E-state index in [1.165, 1.54) is 23.6 Å². The van der Waals surface area contributed by atoms with Crippen molar-refractivity contribution in [3.63, 3.8) is 0 Å². The number of ketones is 1. The first-order valence-electron chi connectivity index (χ1n) is 13.6. The summed E-state index contributed by atoms with van der Waals surface area (Å²) in [6.07, 6.45) is -3.39. The van der Waals surface area contributed by atoms with Gasteiger partial charge in [0.1, 0.15) is 23.1 Å². The monoisotopic (exact) mass is 646 g/mol. The maximum absolute atomic E-state index is 14.5. The molecule has 2 N–H and O–H groups in total. The maximum atomic E-state index is 14.5. The highest BCUT2D eigenvalue weighted by Crippen LogP contribution is 2.42. The first-order valence-corrected chi connectivity index (χ1v) is 14.0. The van der Waals surface area contributed by atoms with Crippen LogP contribution in [-0.4, -0.2) is 27.1 Å². The van der Waals surface area contributed by atoms with Crippen molar-refractivity contribution in [2.75, 3.05) is 5.32 Å². The minimum Gasteiger partial charge on any atom is -0.343 e. The second-order valence-corrected chi connectivity index (χ2v) is 11.4. The van der Waals surface area contributed by atoms with E-state index in [1.807, 2.05) is 0 Å². The third-order valence-electron chi connectivity index (χ3n) is 7.12. The highest BCUT2D eigenvalue weighted by atomic mass is 35.5. The summed E-state index contributed by atoms with van der Waals surface area (Å²) in [4.78, 5) is 43.8. The molecule has 2 aromatic carbocycles. The predicted molar refractivity (Wildman–Crippen MR) is 158 cm³/mol. The fraction of sp³-hybridized carbons (Fsp3) is 0.250. The largest absolute Gasteiger partial charge is 0.416 e. The number of benzene rings is 2. The van der Waals surface area contributed by atoms with Crippen LogP contribution >= 0.6 is 11.6 Å². The zero-order valence-corrected chi connectivity index (χ0v) is 25.3. The van der Waals surface area contributed by atoms with Gasteiger partial charge in [-0.3, -0.25) is 19.4 Å². The summed E-state index contributed by atoms with van der Waals surface area (Å²) < 4.78 is 70.1. The average molecular weight is 647 g/mol. The smallest absolute Gasteiger partial charge is 0.343 e. The fourth-order valence-electron chi connectivity index (χ4n) is 5.05. The molecule has 0 unspecified atom stereocenters. The van der Waals surface area contributed by atoms with Gasteiger partial charge in [-0.1, -0.05) is 31.5 Å². The van der Waals surface area contributed by atoms with E-state index in [2.05, 4.69) is 15.6 Å². The van der Waals surface area contributed by atoms with Gasteiger partial charge in [-0.2, -0.15) is 13.2 Å². The molecule has 2 aromatic heterocycles. The number of alkyl halides is 3. The number of anilines is 1. The van der Waals surface area contributed by atoms with Crippen molar-refractivity contribution in [2.45, 2.75) is 51.9 Å². The van der Waals surface area contributed by atoms with Crippen LogP contribution in [0.2, 0.25) is 5.02 Å². The predicted octanol–water partition coefficient (Wildman–Crippen LogP) is 7.49. The van der Waals surface area contributed by atoms with Crippen LogP contribution in [0.3, 0.4) is 0 Å². The van der Waals surface area contributed by atoms with Crippen molar-refractivity contribution in [1.82, 2.24) is 14.9 Å². The van der Waals surface area contributed by atoms with E-state index in [9.17, 15) is 36.3 Å². The molecule has 4 rings (SSSR count). The van der Waals surface area contributed by atoms with Crippen LogP contribution in [0.15, 0.2) is 66.9 Å². The SMILES string of the molecule is CC(=O)Cn1c(C(=O)N[C@H](C)c2ccccn2)cc(NC(=O)c2cc(F)cc(C(F)(F)F)c2)c1C(C)(C)c1cc(F)ccc1Cl. The van der Waals surface area contributed by atoms with E-state index >= 15 is 0 Å². The quantitative estimate of drug-likeness (QED) is 0.184. The summed E-state index contributed by atoms with van der Waals surface area (Å²) in [5.41, 5.74) is -2.68. The minimum atomic E-state index is -4.93. The zero-order chi connectivity index (χ0) is 33.3. The van der Waals surface area contributed by atoms with Crippen molar-refractivity contribution in [3.8, 4) is 0 Å². The molecule has 236 valence electrons. The third-order valence-corrected chi connectivity index (χ3v) is 7.45. The number of amides is 2. The lowest BCUT2D eigenvalue weighted by atomic mass is 9.80. The number of carbonyl (C=O) groups is 3. The molecule has 13 heteroatoms. The van der Waals surface area contributed by atoms with Crippen LogP contribution < -0.4 is 10.6 Å². The first-order chi connectivity index (χ1) is 21.0. The summed E-state index contributed by atoms with van der Waals surface area (Å²) >= 11 is 6.46. The summed E-state index contributed by atoms with van der Waals surface area (Å²) in [5, 5.41) is 5.40. The van der Waals surface area contributed by atoms with Crippen molar-refractivity contribution in [3.05, 3.63) is 117 Å². The Morgan fingerprint density at radius 2 is 1.67 bits per heavy atom. The molecule has 0 spiro atoms. The molecule has 0 aliphatic carbocycles.